The molecule has 6 nitrogen and oxygen atoms in total. The van der Waals surface area contributed by atoms with Crippen molar-refractivity contribution in [2.45, 2.75) is 33.2 Å². The Morgan fingerprint density at radius 3 is 2.63 bits per heavy atom. The van der Waals surface area contributed by atoms with E-state index in [-0.39, 0.29) is 23.1 Å². The van der Waals surface area contributed by atoms with Crippen LogP contribution in [-0.4, -0.2) is 60.6 Å². The highest BCUT2D eigenvalue weighted by Gasteiger charge is 2.26. The van der Waals surface area contributed by atoms with E-state index >= 15 is 0 Å². The number of benzene rings is 1. The largest absolute Gasteiger partial charge is 0.449 e. The van der Waals surface area contributed by atoms with Crippen molar-refractivity contribution in [1.29, 1.82) is 0 Å². The van der Waals surface area contributed by atoms with Crippen molar-refractivity contribution < 1.29 is 18.7 Å². The van der Waals surface area contributed by atoms with Crippen molar-refractivity contribution in [3.63, 3.8) is 0 Å². The summed E-state index contributed by atoms with van der Waals surface area (Å²) in [6.45, 7) is 8.60. The molecule has 1 aliphatic heterocycles. The number of hydrogen-bond acceptors (Lipinski definition) is 4. The van der Waals surface area contributed by atoms with Crippen molar-refractivity contribution in [3.8, 4) is 0 Å². The van der Waals surface area contributed by atoms with Gasteiger partial charge >= 0.3 is 6.09 Å². The van der Waals surface area contributed by atoms with Crippen molar-refractivity contribution in [2.24, 2.45) is 5.92 Å². The number of amides is 2. The van der Waals surface area contributed by atoms with Gasteiger partial charge in [0.2, 0.25) is 5.91 Å². The Morgan fingerprint density at radius 2 is 1.96 bits per heavy atom. The Balaban J connectivity index is 1.88. The Morgan fingerprint density at radius 1 is 1.22 bits per heavy atom. The fourth-order valence-corrected chi connectivity index (χ4v) is 3.00. The molecule has 1 saturated heterocycles. The first kappa shape index (κ1) is 21.4. The molecule has 1 unspecified atom stereocenters. The van der Waals surface area contributed by atoms with Crippen molar-refractivity contribution in [1.82, 2.24) is 9.80 Å². The van der Waals surface area contributed by atoms with Crippen LogP contribution in [0, 0.1) is 11.7 Å². The Bertz CT molecular complexity index is 672. The summed E-state index contributed by atoms with van der Waals surface area (Å²) in [6.07, 6.45) is 0.458. The highest BCUT2D eigenvalue weighted by Crippen LogP contribution is 2.20. The topological polar surface area (TPSA) is 61.9 Å². The van der Waals surface area contributed by atoms with Crippen LogP contribution in [0.3, 0.4) is 0 Å². The smallest absolute Gasteiger partial charge is 0.409 e. The molecule has 150 valence electrons. The summed E-state index contributed by atoms with van der Waals surface area (Å²) in [6, 6.07) is 3.69. The van der Waals surface area contributed by atoms with E-state index in [1.54, 1.807) is 4.90 Å². The molecule has 2 amide bonds. The number of carbonyl (C=O) groups is 2. The van der Waals surface area contributed by atoms with E-state index in [2.05, 4.69) is 5.32 Å². The molecule has 1 aliphatic rings. The number of hydrogen-bond donors (Lipinski definition) is 1. The first-order valence-electron chi connectivity index (χ1n) is 9.19. The Kier molecular flexibility index (Phi) is 7.86. The number of nitrogens with one attached hydrogen (secondary N) is 1. The molecule has 2 rings (SSSR count). The van der Waals surface area contributed by atoms with Gasteiger partial charge in [-0.25, -0.2) is 9.18 Å². The second-order valence-electron chi connectivity index (χ2n) is 7.14. The molecular formula is C19H27ClFN3O3. The third kappa shape index (κ3) is 6.36. The van der Waals surface area contributed by atoms with Crippen LogP contribution < -0.4 is 5.32 Å². The normalized spacial score (nSPS) is 16.7. The number of rotatable bonds is 5. The minimum atomic E-state index is -0.528. The van der Waals surface area contributed by atoms with Gasteiger partial charge in [-0.1, -0.05) is 25.4 Å². The third-order valence-corrected chi connectivity index (χ3v) is 4.73. The van der Waals surface area contributed by atoms with Gasteiger partial charge in [0, 0.05) is 31.9 Å². The molecule has 0 aromatic heterocycles. The predicted molar refractivity (Wildman–Crippen MR) is 103 cm³/mol. The van der Waals surface area contributed by atoms with Gasteiger partial charge in [0.25, 0.3) is 0 Å². The van der Waals surface area contributed by atoms with Crippen LogP contribution in [0.1, 0.15) is 27.2 Å². The molecule has 1 atom stereocenters. The van der Waals surface area contributed by atoms with E-state index in [9.17, 15) is 14.0 Å². The fraction of sp³-hybridized carbons (Fsp3) is 0.579. The summed E-state index contributed by atoms with van der Waals surface area (Å²) >= 11 is 5.75. The van der Waals surface area contributed by atoms with E-state index < -0.39 is 5.82 Å². The average molecular weight is 400 g/mol. The van der Waals surface area contributed by atoms with Crippen LogP contribution in [0.2, 0.25) is 5.02 Å². The van der Waals surface area contributed by atoms with Gasteiger partial charge in [-0.15, -0.1) is 0 Å². The van der Waals surface area contributed by atoms with Gasteiger partial charge in [0.15, 0.2) is 0 Å². The highest BCUT2D eigenvalue weighted by atomic mass is 35.5. The zero-order valence-corrected chi connectivity index (χ0v) is 16.8. The van der Waals surface area contributed by atoms with Gasteiger partial charge in [-0.05, 0) is 37.5 Å². The lowest BCUT2D eigenvalue weighted by atomic mass is 10.2. The van der Waals surface area contributed by atoms with Gasteiger partial charge in [-0.2, -0.15) is 0 Å². The SMILES string of the molecule is CC(C)COC(=O)N1CCCN(C(C)C(=O)Nc2ccc(F)c(Cl)c2)CC1. The maximum Gasteiger partial charge on any atom is 0.409 e. The first-order chi connectivity index (χ1) is 12.8. The number of carbonyl (C=O) groups excluding carboxylic acids is 2. The monoisotopic (exact) mass is 399 g/mol. The van der Waals surface area contributed by atoms with Crippen molar-refractivity contribution in [3.05, 3.63) is 29.0 Å². The lowest BCUT2D eigenvalue weighted by Gasteiger charge is -2.27. The number of ether oxygens (including phenoxy) is 1. The molecule has 0 spiro atoms. The van der Waals surface area contributed by atoms with E-state index in [0.717, 1.165) is 6.42 Å². The maximum atomic E-state index is 13.2. The van der Waals surface area contributed by atoms with E-state index in [0.29, 0.717) is 44.4 Å². The molecule has 1 fully saturated rings. The molecule has 0 radical (unpaired) electrons. The third-order valence-electron chi connectivity index (χ3n) is 4.44. The highest BCUT2D eigenvalue weighted by molar-refractivity contribution is 6.31. The second kappa shape index (κ2) is 9.90. The van der Waals surface area contributed by atoms with E-state index in [4.69, 9.17) is 16.3 Å². The minimum Gasteiger partial charge on any atom is -0.449 e. The second-order valence-corrected chi connectivity index (χ2v) is 7.55. The van der Waals surface area contributed by atoms with Crippen molar-refractivity contribution in [2.75, 3.05) is 38.1 Å². The lowest BCUT2D eigenvalue weighted by molar-refractivity contribution is -0.120. The van der Waals surface area contributed by atoms with Crippen LogP contribution in [0.15, 0.2) is 18.2 Å². The molecule has 1 N–H and O–H groups in total. The molecule has 0 aliphatic carbocycles. The molecule has 1 aromatic carbocycles. The lowest BCUT2D eigenvalue weighted by Crippen LogP contribution is -2.44. The van der Waals surface area contributed by atoms with Crippen LogP contribution in [0.25, 0.3) is 0 Å². The van der Waals surface area contributed by atoms with Gasteiger partial charge in [0.05, 0.1) is 17.7 Å². The molecule has 1 heterocycles. The van der Waals surface area contributed by atoms with Gasteiger partial charge in [0.1, 0.15) is 5.82 Å². The predicted octanol–water partition coefficient (Wildman–Crippen LogP) is 3.61. The van der Waals surface area contributed by atoms with E-state index in [1.165, 1.54) is 18.2 Å². The molecule has 27 heavy (non-hydrogen) atoms. The maximum absolute atomic E-state index is 13.2. The van der Waals surface area contributed by atoms with Gasteiger partial charge in [-0.3, -0.25) is 9.69 Å². The molecule has 0 saturated carbocycles. The standard InChI is InChI=1S/C19H27ClFN3O3/c1-13(2)12-27-19(26)24-8-4-7-23(9-10-24)14(3)18(25)22-15-5-6-17(21)16(20)11-15/h5-6,11,13-14H,4,7-10,12H2,1-3H3,(H,22,25). The first-order valence-corrected chi connectivity index (χ1v) is 9.57. The van der Waals surface area contributed by atoms with Crippen molar-refractivity contribution >= 4 is 29.3 Å². The summed E-state index contributed by atoms with van der Waals surface area (Å²) in [5.41, 5.74) is 0.451. The van der Waals surface area contributed by atoms with Gasteiger partial charge < -0.3 is 15.0 Å². The summed E-state index contributed by atoms with van der Waals surface area (Å²) in [5, 5.41) is 2.72. The summed E-state index contributed by atoms with van der Waals surface area (Å²) in [4.78, 5) is 28.4. The average Bonchev–Trinajstić information content (AvgIpc) is 2.88. The Labute approximate surface area is 164 Å². The van der Waals surface area contributed by atoms with Crippen LogP contribution >= 0.6 is 11.6 Å². The molecule has 1 aromatic rings. The number of anilines is 1. The quantitative estimate of drug-likeness (QED) is 0.821. The number of halogens is 2. The summed E-state index contributed by atoms with van der Waals surface area (Å²) < 4.78 is 18.5. The van der Waals surface area contributed by atoms with E-state index in [1.807, 2.05) is 25.7 Å². The molecule has 8 heteroatoms. The number of nitrogens with zero attached hydrogens (tertiary/aromatic N) is 2. The molecule has 0 bridgehead atoms. The zero-order valence-electron chi connectivity index (χ0n) is 16.0. The fourth-order valence-electron chi connectivity index (χ4n) is 2.82. The van der Waals surface area contributed by atoms with Crippen LogP contribution in [0.5, 0.6) is 0 Å². The zero-order chi connectivity index (χ0) is 20.0. The summed E-state index contributed by atoms with van der Waals surface area (Å²) in [7, 11) is 0. The Hall–Kier alpha value is -1.86. The van der Waals surface area contributed by atoms with Crippen LogP contribution in [0.4, 0.5) is 14.9 Å². The minimum absolute atomic E-state index is 0.0363. The molecular weight excluding hydrogens is 373 g/mol. The van der Waals surface area contributed by atoms with Crippen LogP contribution in [-0.2, 0) is 9.53 Å². The summed E-state index contributed by atoms with van der Waals surface area (Å²) in [5.74, 6) is -0.436.